The van der Waals surface area contributed by atoms with E-state index >= 15 is 0 Å². The zero-order valence-corrected chi connectivity index (χ0v) is 18.4. The van der Waals surface area contributed by atoms with E-state index in [2.05, 4.69) is 4.99 Å². The van der Waals surface area contributed by atoms with Crippen molar-refractivity contribution in [3.63, 3.8) is 0 Å². The van der Waals surface area contributed by atoms with Gasteiger partial charge in [-0.15, -0.1) is 24.0 Å². The molecule has 2 rings (SSSR count). The second-order valence-corrected chi connectivity index (χ2v) is 6.16. The molecular weight excluding hydrogens is 441 g/mol. The Balaban J connectivity index is 0.00000338. The average Bonchev–Trinajstić information content (AvgIpc) is 2.60. The van der Waals surface area contributed by atoms with Gasteiger partial charge in [0.15, 0.2) is 17.5 Å². The van der Waals surface area contributed by atoms with Gasteiger partial charge in [0.1, 0.15) is 6.61 Å². The van der Waals surface area contributed by atoms with Gasteiger partial charge in [-0.1, -0.05) is 36.4 Å². The van der Waals surface area contributed by atoms with Gasteiger partial charge in [0.2, 0.25) is 0 Å². The second kappa shape index (κ2) is 10.9. The van der Waals surface area contributed by atoms with Crippen LogP contribution >= 0.6 is 24.0 Å². The topological polar surface area (TPSA) is 37.3 Å². The Morgan fingerprint density at radius 3 is 2.12 bits per heavy atom. The van der Waals surface area contributed by atoms with Gasteiger partial charge in [-0.05, 0) is 23.3 Å². The van der Waals surface area contributed by atoms with Crippen LogP contribution in [0.1, 0.15) is 11.1 Å². The number of guanidine groups is 1. The Morgan fingerprint density at radius 1 is 0.885 bits per heavy atom. The average molecular weight is 469 g/mol. The molecule has 0 aliphatic heterocycles. The van der Waals surface area contributed by atoms with Gasteiger partial charge in [0.25, 0.3) is 0 Å². The summed E-state index contributed by atoms with van der Waals surface area (Å²) in [7, 11) is 9.60. The summed E-state index contributed by atoms with van der Waals surface area (Å²) in [6, 6.07) is 16.0. The first-order chi connectivity index (χ1) is 12.0. The summed E-state index contributed by atoms with van der Waals surface area (Å²) < 4.78 is 11.4. The van der Waals surface area contributed by atoms with Gasteiger partial charge in [0, 0.05) is 28.2 Å². The van der Waals surface area contributed by atoms with Crippen LogP contribution in [0.3, 0.4) is 0 Å². The minimum absolute atomic E-state index is 0. The molecule has 142 valence electrons. The smallest absolute Gasteiger partial charge is 0.195 e. The maximum absolute atomic E-state index is 5.89. The SMILES string of the molecule is COc1cc(CN=C(N(C)C)N(C)C)ccc1OCc1ccccc1.I. The Bertz CT molecular complexity index is 693. The molecular formula is C20H28IN3O2. The van der Waals surface area contributed by atoms with Crippen molar-refractivity contribution < 1.29 is 9.47 Å². The molecule has 0 radical (unpaired) electrons. The predicted octanol–water partition coefficient (Wildman–Crippen LogP) is 3.87. The highest BCUT2D eigenvalue weighted by molar-refractivity contribution is 14.0. The first-order valence-electron chi connectivity index (χ1n) is 8.24. The fraction of sp³-hybridized carbons (Fsp3) is 0.350. The van der Waals surface area contributed by atoms with Crippen molar-refractivity contribution in [1.29, 1.82) is 0 Å². The highest BCUT2D eigenvalue weighted by atomic mass is 127. The molecule has 6 heteroatoms. The summed E-state index contributed by atoms with van der Waals surface area (Å²) in [6.45, 7) is 1.10. The molecule has 0 heterocycles. The van der Waals surface area contributed by atoms with Crippen LogP contribution < -0.4 is 9.47 Å². The summed E-state index contributed by atoms with van der Waals surface area (Å²) in [5.41, 5.74) is 2.20. The third-order valence-corrected chi connectivity index (χ3v) is 3.67. The molecule has 5 nitrogen and oxygen atoms in total. The molecule has 2 aromatic carbocycles. The molecule has 0 aliphatic rings. The summed E-state index contributed by atoms with van der Waals surface area (Å²) >= 11 is 0. The molecule has 0 spiro atoms. The van der Waals surface area contributed by atoms with Crippen molar-refractivity contribution in [3.05, 3.63) is 59.7 Å². The van der Waals surface area contributed by atoms with Gasteiger partial charge >= 0.3 is 0 Å². The van der Waals surface area contributed by atoms with Crippen LogP contribution in [0, 0.1) is 0 Å². The molecule has 26 heavy (non-hydrogen) atoms. The fourth-order valence-corrected chi connectivity index (χ4v) is 2.51. The van der Waals surface area contributed by atoms with E-state index in [1.807, 2.05) is 86.5 Å². The molecule has 0 saturated heterocycles. The van der Waals surface area contributed by atoms with Crippen LogP contribution in [0.2, 0.25) is 0 Å². The highest BCUT2D eigenvalue weighted by Crippen LogP contribution is 2.29. The number of nitrogens with zero attached hydrogens (tertiary/aromatic N) is 3. The quantitative estimate of drug-likeness (QED) is 0.366. The molecule has 0 aromatic heterocycles. The van der Waals surface area contributed by atoms with Gasteiger partial charge in [-0.25, -0.2) is 4.99 Å². The van der Waals surface area contributed by atoms with Gasteiger partial charge in [0.05, 0.1) is 13.7 Å². The number of halogens is 1. The number of rotatable bonds is 6. The van der Waals surface area contributed by atoms with E-state index in [1.54, 1.807) is 7.11 Å². The first-order valence-corrected chi connectivity index (χ1v) is 8.24. The van der Waals surface area contributed by atoms with Gasteiger partial charge in [-0.3, -0.25) is 0 Å². The van der Waals surface area contributed by atoms with Gasteiger partial charge < -0.3 is 19.3 Å². The molecule has 0 amide bonds. The van der Waals surface area contributed by atoms with E-state index in [0.29, 0.717) is 13.2 Å². The third kappa shape index (κ3) is 6.40. The van der Waals surface area contributed by atoms with Crippen molar-refractivity contribution in [1.82, 2.24) is 9.80 Å². The summed E-state index contributed by atoms with van der Waals surface area (Å²) in [4.78, 5) is 8.65. The van der Waals surface area contributed by atoms with E-state index in [4.69, 9.17) is 9.47 Å². The second-order valence-electron chi connectivity index (χ2n) is 6.16. The van der Waals surface area contributed by atoms with Crippen LogP contribution in [0.25, 0.3) is 0 Å². The molecule has 2 aromatic rings. The highest BCUT2D eigenvalue weighted by Gasteiger charge is 2.08. The van der Waals surface area contributed by atoms with Crippen LogP contribution in [0.4, 0.5) is 0 Å². The Kier molecular flexibility index (Phi) is 9.26. The summed E-state index contributed by atoms with van der Waals surface area (Å²) in [5.74, 6) is 2.38. The van der Waals surface area contributed by atoms with Crippen LogP contribution in [0.5, 0.6) is 11.5 Å². The van der Waals surface area contributed by atoms with Crippen molar-refractivity contribution >= 4 is 29.9 Å². The van der Waals surface area contributed by atoms with Crippen LogP contribution in [0.15, 0.2) is 53.5 Å². The Hall–Kier alpha value is -1.96. The summed E-state index contributed by atoms with van der Waals surface area (Å²) in [6.07, 6.45) is 0. The largest absolute Gasteiger partial charge is 0.493 e. The van der Waals surface area contributed by atoms with E-state index in [9.17, 15) is 0 Å². The van der Waals surface area contributed by atoms with Crippen LogP contribution in [-0.2, 0) is 13.2 Å². The molecule has 0 saturated carbocycles. The zero-order chi connectivity index (χ0) is 18.2. The molecule has 0 bridgehead atoms. The minimum Gasteiger partial charge on any atom is -0.493 e. The van der Waals surface area contributed by atoms with Crippen molar-refractivity contribution in [3.8, 4) is 11.5 Å². The van der Waals surface area contributed by atoms with E-state index < -0.39 is 0 Å². The monoisotopic (exact) mass is 469 g/mol. The number of benzene rings is 2. The lowest BCUT2D eigenvalue weighted by atomic mass is 10.2. The molecule has 0 aliphatic carbocycles. The number of methoxy groups -OCH3 is 1. The van der Waals surface area contributed by atoms with Gasteiger partial charge in [-0.2, -0.15) is 0 Å². The van der Waals surface area contributed by atoms with Crippen molar-refractivity contribution in [2.24, 2.45) is 4.99 Å². The van der Waals surface area contributed by atoms with E-state index in [-0.39, 0.29) is 24.0 Å². The predicted molar refractivity (Wildman–Crippen MR) is 118 cm³/mol. The Labute approximate surface area is 173 Å². The van der Waals surface area contributed by atoms with Crippen LogP contribution in [-0.4, -0.2) is 51.1 Å². The third-order valence-electron chi connectivity index (χ3n) is 3.67. The number of ether oxygens (including phenoxy) is 2. The molecule has 0 atom stereocenters. The summed E-state index contributed by atoms with van der Waals surface area (Å²) in [5, 5.41) is 0. The zero-order valence-electron chi connectivity index (χ0n) is 16.1. The van der Waals surface area contributed by atoms with E-state index in [0.717, 1.165) is 28.6 Å². The first kappa shape index (κ1) is 22.1. The fourth-order valence-electron chi connectivity index (χ4n) is 2.51. The Morgan fingerprint density at radius 2 is 1.54 bits per heavy atom. The van der Waals surface area contributed by atoms with Crippen molar-refractivity contribution in [2.75, 3.05) is 35.3 Å². The lowest BCUT2D eigenvalue weighted by Gasteiger charge is -2.22. The maximum Gasteiger partial charge on any atom is 0.195 e. The standard InChI is InChI=1S/C20H27N3O2.HI/c1-22(2)20(23(3)4)21-14-17-11-12-18(19(13-17)24-5)25-15-16-9-7-6-8-10-16;/h6-13H,14-15H2,1-5H3;1H. The number of hydrogen-bond donors (Lipinski definition) is 0. The molecule has 0 fully saturated rings. The molecule has 0 N–H and O–H groups in total. The van der Waals surface area contributed by atoms with Crippen molar-refractivity contribution in [2.45, 2.75) is 13.2 Å². The normalized spacial score (nSPS) is 9.73. The van der Waals surface area contributed by atoms with E-state index in [1.165, 1.54) is 0 Å². The minimum atomic E-state index is 0. The maximum atomic E-state index is 5.89. The number of hydrogen-bond acceptors (Lipinski definition) is 3. The number of aliphatic imine (C=N–C) groups is 1. The lowest BCUT2D eigenvalue weighted by molar-refractivity contribution is 0.284. The lowest BCUT2D eigenvalue weighted by Crippen LogP contribution is -2.35. The molecule has 0 unspecified atom stereocenters.